The molecular formula is C21H20F3N3OS. The van der Waals surface area contributed by atoms with E-state index in [0.29, 0.717) is 11.9 Å². The second-order valence-electron chi connectivity index (χ2n) is 6.76. The van der Waals surface area contributed by atoms with Crippen LogP contribution < -0.4 is 0 Å². The number of amides is 1. The molecule has 0 aliphatic rings. The molecule has 1 amide bonds. The minimum atomic E-state index is -4.65. The summed E-state index contributed by atoms with van der Waals surface area (Å²) < 4.78 is 39.5. The number of nitrogens with zero attached hydrogens (tertiary/aromatic N) is 3. The summed E-state index contributed by atoms with van der Waals surface area (Å²) in [5, 5.41) is 0.650. The Kier molecular flexibility index (Phi) is 6.42. The Hall–Kier alpha value is -2.61. The van der Waals surface area contributed by atoms with Crippen molar-refractivity contribution in [1.29, 1.82) is 0 Å². The van der Waals surface area contributed by atoms with Crippen molar-refractivity contribution in [3.8, 4) is 0 Å². The summed E-state index contributed by atoms with van der Waals surface area (Å²) in [6.45, 7) is 4.26. The maximum absolute atomic E-state index is 13.2. The number of carbonyl (C=O) groups excluding carboxylic acids is 1. The quantitative estimate of drug-likeness (QED) is 0.408. The van der Waals surface area contributed by atoms with E-state index in [2.05, 4.69) is 9.97 Å². The molecule has 0 atom stereocenters. The van der Waals surface area contributed by atoms with Crippen LogP contribution in [0.15, 0.2) is 59.6 Å². The zero-order valence-electron chi connectivity index (χ0n) is 16.0. The lowest BCUT2D eigenvalue weighted by molar-refractivity contribution is -0.145. The summed E-state index contributed by atoms with van der Waals surface area (Å²) >= 11 is 1.00. The van der Waals surface area contributed by atoms with E-state index in [1.54, 1.807) is 23.1 Å². The van der Waals surface area contributed by atoms with E-state index in [9.17, 15) is 18.0 Å². The first kappa shape index (κ1) is 21.1. The third-order valence-electron chi connectivity index (χ3n) is 4.29. The van der Waals surface area contributed by atoms with Gasteiger partial charge in [-0.3, -0.25) is 4.79 Å². The van der Waals surface area contributed by atoms with Gasteiger partial charge in [0.1, 0.15) is 5.03 Å². The van der Waals surface area contributed by atoms with Crippen molar-refractivity contribution in [3.05, 3.63) is 66.0 Å². The van der Waals surface area contributed by atoms with Crippen LogP contribution >= 0.6 is 11.8 Å². The molecule has 8 heteroatoms. The molecule has 1 aromatic heterocycles. The van der Waals surface area contributed by atoms with E-state index in [1.165, 1.54) is 6.07 Å². The summed E-state index contributed by atoms with van der Waals surface area (Å²) in [6, 6.07) is 16.0. The van der Waals surface area contributed by atoms with E-state index < -0.39 is 12.0 Å². The molecule has 0 aliphatic heterocycles. The lowest BCUT2D eigenvalue weighted by Gasteiger charge is -2.27. The smallest absolute Gasteiger partial charge is 0.335 e. The largest absolute Gasteiger partial charge is 0.451 e. The number of halogens is 3. The van der Waals surface area contributed by atoms with Crippen LogP contribution in [0.1, 0.15) is 25.2 Å². The number of aromatic nitrogens is 2. The standard InChI is InChI=1S/C21H20F3N3OS/c1-14(2)27(12-15-8-4-3-5-9-15)18(28)13-29-19-16-10-6-7-11-17(16)25-20(26-19)21(22,23)24/h3-11,14H,12-13H2,1-2H3. The van der Waals surface area contributed by atoms with Crippen LogP contribution in [-0.4, -0.2) is 32.6 Å². The van der Waals surface area contributed by atoms with Gasteiger partial charge in [0.05, 0.1) is 11.3 Å². The van der Waals surface area contributed by atoms with Gasteiger partial charge in [-0.2, -0.15) is 13.2 Å². The normalized spacial score (nSPS) is 11.8. The molecule has 0 bridgehead atoms. The van der Waals surface area contributed by atoms with E-state index in [0.717, 1.165) is 17.3 Å². The Morgan fingerprint density at radius 3 is 2.34 bits per heavy atom. The van der Waals surface area contributed by atoms with Gasteiger partial charge in [0.25, 0.3) is 0 Å². The van der Waals surface area contributed by atoms with Crippen molar-refractivity contribution in [3.63, 3.8) is 0 Å². The molecular weight excluding hydrogens is 399 g/mol. The molecule has 0 fully saturated rings. The molecule has 2 aromatic carbocycles. The molecule has 29 heavy (non-hydrogen) atoms. The number of benzene rings is 2. The Balaban J connectivity index is 1.82. The summed E-state index contributed by atoms with van der Waals surface area (Å²) in [4.78, 5) is 21.8. The highest BCUT2D eigenvalue weighted by Crippen LogP contribution is 2.32. The first-order valence-corrected chi connectivity index (χ1v) is 10.0. The van der Waals surface area contributed by atoms with Crippen LogP contribution in [0.4, 0.5) is 13.2 Å². The number of alkyl halides is 3. The molecule has 0 radical (unpaired) electrons. The van der Waals surface area contributed by atoms with Gasteiger partial charge in [0.15, 0.2) is 0 Å². The highest BCUT2D eigenvalue weighted by atomic mass is 32.2. The Morgan fingerprint density at radius 2 is 1.69 bits per heavy atom. The number of hydrogen-bond acceptors (Lipinski definition) is 4. The average molecular weight is 419 g/mol. The van der Waals surface area contributed by atoms with Crippen molar-refractivity contribution in [2.75, 3.05) is 5.75 Å². The van der Waals surface area contributed by atoms with Gasteiger partial charge in [-0.05, 0) is 25.5 Å². The lowest BCUT2D eigenvalue weighted by atomic mass is 10.2. The SMILES string of the molecule is CC(C)N(Cc1ccccc1)C(=O)CSc1nc(C(F)(F)F)nc2ccccc12. The molecule has 3 aromatic rings. The van der Waals surface area contributed by atoms with Crippen molar-refractivity contribution in [2.24, 2.45) is 0 Å². The number of carbonyl (C=O) groups is 1. The number of para-hydroxylation sites is 1. The highest BCUT2D eigenvalue weighted by Gasteiger charge is 2.35. The minimum absolute atomic E-state index is 0.0106. The van der Waals surface area contributed by atoms with Gasteiger partial charge < -0.3 is 4.90 Å². The predicted octanol–water partition coefficient (Wildman–Crippen LogP) is 5.18. The highest BCUT2D eigenvalue weighted by molar-refractivity contribution is 8.00. The average Bonchev–Trinajstić information content (AvgIpc) is 2.69. The van der Waals surface area contributed by atoms with Gasteiger partial charge in [-0.15, -0.1) is 0 Å². The molecule has 0 aliphatic carbocycles. The Morgan fingerprint density at radius 1 is 1.03 bits per heavy atom. The third-order valence-corrected chi connectivity index (χ3v) is 5.27. The van der Waals surface area contributed by atoms with Gasteiger partial charge in [-0.25, -0.2) is 9.97 Å². The van der Waals surface area contributed by atoms with E-state index in [4.69, 9.17) is 0 Å². The number of hydrogen-bond donors (Lipinski definition) is 0. The molecule has 0 spiro atoms. The Bertz CT molecular complexity index is 993. The summed E-state index contributed by atoms with van der Waals surface area (Å²) in [5.74, 6) is -1.37. The van der Waals surface area contributed by atoms with Gasteiger partial charge in [0.2, 0.25) is 11.7 Å². The summed E-state index contributed by atoms with van der Waals surface area (Å²) in [7, 11) is 0. The van der Waals surface area contributed by atoms with Crippen LogP contribution in [0, 0.1) is 0 Å². The van der Waals surface area contributed by atoms with Crippen LogP contribution in [0.2, 0.25) is 0 Å². The molecule has 1 heterocycles. The van der Waals surface area contributed by atoms with E-state index in [1.807, 2.05) is 44.2 Å². The van der Waals surface area contributed by atoms with Crippen LogP contribution in [0.5, 0.6) is 0 Å². The van der Waals surface area contributed by atoms with Gasteiger partial charge >= 0.3 is 6.18 Å². The van der Waals surface area contributed by atoms with Gasteiger partial charge in [0, 0.05) is 18.0 Å². The fourth-order valence-electron chi connectivity index (χ4n) is 2.84. The first-order valence-electron chi connectivity index (χ1n) is 9.06. The van der Waals surface area contributed by atoms with E-state index in [-0.39, 0.29) is 28.2 Å². The molecule has 0 unspecified atom stereocenters. The van der Waals surface area contributed by atoms with Gasteiger partial charge in [-0.1, -0.05) is 60.3 Å². The first-order chi connectivity index (χ1) is 13.8. The Labute approximate surface area is 171 Å². The monoisotopic (exact) mass is 419 g/mol. The minimum Gasteiger partial charge on any atom is -0.335 e. The lowest BCUT2D eigenvalue weighted by Crippen LogP contribution is -2.37. The zero-order valence-corrected chi connectivity index (χ0v) is 16.8. The second-order valence-corrected chi connectivity index (χ2v) is 7.72. The van der Waals surface area contributed by atoms with Crippen molar-refractivity contribution < 1.29 is 18.0 Å². The maximum Gasteiger partial charge on any atom is 0.451 e. The summed E-state index contributed by atoms with van der Waals surface area (Å²) in [6.07, 6.45) is -4.65. The van der Waals surface area contributed by atoms with Crippen molar-refractivity contribution in [1.82, 2.24) is 14.9 Å². The topological polar surface area (TPSA) is 46.1 Å². The fraction of sp³-hybridized carbons (Fsp3) is 0.286. The number of thioether (sulfide) groups is 1. The van der Waals surface area contributed by atoms with Crippen LogP contribution in [-0.2, 0) is 17.5 Å². The third kappa shape index (κ3) is 5.26. The van der Waals surface area contributed by atoms with Crippen LogP contribution in [0.25, 0.3) is 10.9 Å². The maximum atomic E-state index is 13.2. The summed E-state index contributed by atoms with van der Waals surface area (Å²) in [5.41, 5.74) is 1.20. The zero-order chi connectivity index (χ0) is 21.0. The molecule has 4 nitrogen and oxygen atoms in total. The van der Waals surface area contributed by atoms with E-state index >= 15 is 0 Å². The molecule has 0 saturated carbocycles. The second kappa shape index (κ2) is 8.82. The fourth-order valence-corrected chi connectivity index (χ4v) is 3.74. The molecule has 0 saturated heterocycles. The van der Waals surface area contributed by atoms with Crippen molar-refractivity contribution >= 4 is 28.6 Å². The van der Waals surface area contributed by atoms with Crippen LogP contribution in [0.3, 0.4) is 0 Å². The number of rotatable bonds is 6. The molecule has 0 N–H and O–H groups in total. The van der Waals surface area contributed by atoms with Crippen molar-refractivity contribution in [2.45, 2.75) is 37.6 Å². The number of fused-ring (bicyclic) bond motifs is 1. The predicted molar refractivity (Wildman–Crippen MR) is 107 cm³/mol. The molecule has 152 valence electrons. The molecule has 3 rings (SSSR count).